The number of aromatic nitrogens is 1. The molecule has 0 fully saturated rings. The molecule has 1 aromatic carbocycles. The Kier molecular flexibility index (Phi) is 7.55. The van der Waals surface area contributed by atoms with E-state index in [4.69, 9.17) is 13.9 Å². The normalized spacial score (nSPS) is 16.0. The molecule has 142 valence electrons. The second kappa shape index (κ2) is 9.65. The molecule has 0 saturated heterocycles. The second-order valence-electron chi connectivity index (χ2n) is 5.82. The number of aryl methyl sites for hydroxylation is 2. The van der Waals surface area contributed by atoms with Crippen molar-refractivity contribution in [2.24, 2.45) is 4.99 Å². The fourth-order valence-electron chi connectivity index (χ4n) is 2.47. The first-order valence-corrected chi connectivity index (χ1v) is 8.49. The van der Waals surface area contributed by atoms with Gasteiger partial charge in [0.2, 0.25) is 5.89 Å². The number of hydrogen-bond donors (Lipinski definition) is 2. The van der Waals surface area contributed by atoms with Gasteiger partial charge in [0.25, 0.3) is 0 Å². The van der Waals surface area contributed by atoms with Gasteiger partial charge >= 0.3 is 0 Å². The highest BCUT2D eigenvalue weighted by Crippen LogP contribution is 2.30. The Labute approximate surface area is 170 Å². The lowest BCUT2D eigenvalue weighted by Gasteiger charge is -2.27. The van der Waals surface area contributed by atoms with E-state index in [-0.39, 0.29) is 30.1 Å². The number of rotatable bonds is 5. The molecule has 2 aromatic rings. The summed E-state index contributed by atoms with van der Waals surface area (Å²) in [6, 6.07) is 7.69. The number of guanidine groups is 1. The van der Waals surface area contributed by atoms with E-state index in [2.05, 4.69) is 20.6 Å². The summed E-state index contributed by atoms with van der Waals surface area (Å²) < 4.78 is 17.2. The van der Waals surface area contributed by atoms with Gasteiger partial charge in [-0.2, -0.15) is 0 Å². The third kappa shape index (κ3) is 5.26. The van der Waals surface area contributed by atoms with Crippen LogP contribution in [-0.4, -0.2) is 36.7 Å². The lowest BCUT2D eigenvalue weighted by atomic mass is 10.2. The highest BCUT2D eigenvalue weighted by Gasteiger charge is 2.20. The van der Waals surface area contributed by atoms with Gasteiger partial charge in [-0.1, -0.05) is 12.1 Å². The van der Waals surface area contributed by atoms with Crippen molar-refractivity contribution in [3.8, 4) is 11.5 Å². The minimum atomic E-state index is -0.0787. The van der Waals surface area contributed by atoms with Crippen LogP contribution in [0.2, 0.25) is 0 Å². The van der Waals surface area contributed by atoms with E-state index in [9.17, 15) is 0 Å². The number of aliphatic imine (C=N–C) groups is 1. The van der Waals surface area contributed by atoms with Crippen molar-refractivity contribution in [2.75, 3.05) is 19.7 Å². The number of oxazole rings is 1. The Hall–Kier alpha value is -1.97. The standard InChI is InChI=1S/C18H24N4O3.HI/c1-4-19-18(21-10-17-22-12(2)13(3)24-17)20-9-14-11-23-15-7-5-6-8-16(15)25-14;/h5-8,14H,4,9-11H2,1-3H3,(H2,19,20,21);1H. The van der Waals surface area contributed by atoms with Gasteiger partial charge in [-0.05, 0) is 32.9 Å². The van der Waals surface area contributed by atoms with Crippen molar-refractivity contribution in [3.05, 3.63) is 41.6 Å². The molecule has 0 spiro atoms. The smallest absolute Gasteiger partial charge is 0.216 e. The summed E-state index contributed by atoms with van der Waals surface area (Å²) in [6.45, 7) is 8.08. The quantitative estimate of drug-likeness (QED) is 0.396. The highest BCUT2D eigenvalue weighted by atomic mass is 127. The molecule has 7 nitrogen and oxygen atoms in total. The Morgan fingerprint density at radius 1 is 1.23 bits per heavy atom. The van der Waals surface area contributed by atoms with Gasteiger partial charge in [0.1, 0.15) is 25.0 Å². The summed E-state index contributed by atoms with van der Waals surface area (Å²) in [4.78, 5) is 8.85. The van der Waals surface area contributed by atoms with Crippen LogP contribution in [0.1, 0.15) is 24.3 Å². The molecular formula is C18H25IN4O3. The molecule has 1 aromatic heterocycles. The maximum atomic E-state index is 5.94. The minimum absolute atomic E-state index is 0. The predicted molar refractivity (Wildman–Crippen MR) is 111 cm³/mol. The number of fused-ring (bicyclic) bond motifs is 1. The molecule has 1 aliphatic heterocycles. The fourth-order valence-corrected chi connectivity index (χ4v) is 2.47. The lowest BCUT2D eigenvalue weighted by Crippen LogP contribution is -2.45. The van der Waals surface area contributed by atoms with E-state index < -0.39 is 0 Å². The summed E-state index contributed by atoms with van der Waals surface area (Å²) in [6.07, 6.45) is -0.0787. The first-order valence-electron chi connectivity index (χ1n) is 8.49. The molecule has 1 atom stereocenters. The molecular weight excluding hydrogens is 447 g/mol. The second-order valence-corrected chi connectivity index (χ2v) is 5.82. The van der Waals surface area contributed by atoms with Gasteiger partial charge in [0.15, 0.2) is 17.5 Å². The van der Waals surface area contributed by atoms with Crippen LogP contribution < -0.4 is 20.1 Å². The topological polar surface area (TPSA) is 80.9 Å². The van der Waals surface area contributed by atoms with Crippen LogP contribution in [0.4, 0.5) is 0 Å². The van der Waals surface area contributed by atoms with Crippen LogP contribution in [0.3, 0.4) is 0 Å². The molecule has 2 heterocycles. The average molecular weight is 472 g/mol. The van der Waals surface area contributed by atoms with Gasteiger partial charge in [0, 0.05) is 6.54 Å². The molecule has 1 aliphatic rings. The van der Waals surface area contributed by atoms with E-state index in [0.717, 1.165) is 29.5 Å². The third-order valence-corrected chi connectivity index (χ3v) is 3.85. The van der Waals surface area contributed by atoms with Crippen molar-refractivity contribution < 1.29 is 13.9 Å². The number of nitrogens with zero attached hydrogens (tertiary/aromatic N) is 2. The van der Waals surface area contributed by atoms with Gasteiger partial charge < -0.3 is 24.5 Å². The lowest BCUT2D eigenvalue weighted by molar-refractivity contribution is 0.0936. The summed E-state index contributed by atoms with van der Waals surface area (Å²) in [5.74, 6) is 3.69. The zero-order valence-electron chi connectivity index (χ0n) is 15.2. The molecule has 2 N–H and O–H groups in total. The Morgan fingerprint density at radius 2 is 2.00 bits per heavy atom. The molecule has 0 radical (unpaired) electrons. The van der Waals surface area contributed by atoms with E-state index in [1.54, 1.807) is 0 Å². The number of halogens is 1. The van der Waals surface area contributed by atoms with Crippen molar-refractivity contribution in [1.29, 1.82) is 0 Å². The Balaban J connectivity index is 0.00000243. The maximum absolute atomic E-state index is 5.94. The Bertz CT molecular complexity index is 728. The molecule has 26 heavy (non-hydrogen) atoms. The van der Waals surface area contributed by atoms with Gasteiger partial charge in [-0.3, -0.25) is 0 Å². The molecule has 0 aliphatic carbocycles. The van der Waals surface area contributed by atoms with Crippen LogP contribution in [0.25, 0.3) is 0 Å². The SMILES string of the molecule is CCNC(=NCc1nc(C)c(C)o1)NCC1COc2ccccc2O1.I. The summed E-state index contributed by atoms with van der Waals surface area (Å²) in [5, 5.41) is 6.48. The average Bonchev–Trinajstić information content (AvgIpc) is 2.95. The predicted octanol–water partition coefficient (Wildman–Crippen LogP) is 2.80. The van der Waals surface area contributed by atoms with Crippen molar-refractivity contribution in [2.45, 2.75) is 33.4 Å². The summed E-state index contributed by atoms with van der Waals surface area (Å²) in [5.41, 5.74) is 0.898. The van der Waals surface area contributed by atoms with Crippen molar-refractivity contribution in [3.63, 3.8) is 0 Å². The molecule has 0 saturated carbocycles. The molecule has 3 rings (SSSR count). The van der Waals surface area contributed by atoms with E-state index >= 15 is 0 Å². The zero-order valence-corrected chi connectivity index (χ0v) is 17.6. The maximum Gasteiger partial charge on any atom is 0.216 e. The number of para-hydroxylation sites is 2. The first kappa shape index (κ1) is 20.3. The van der Waals surface area contributed by atoms with Crippen LogP contribution in [-0.2, 0) is 6.54 Å². The monoisotopic (exact) mass is 472 g/mol. The van der Waals surface area contributed by atoms with Crippen molar-refractivity contribution >= 4 is 29.9 Å². The molecule has 1 unspecified atom stereocenters. The van der Waals surface area contributed by atoms with E-state index in [1.807, 2.05) is 45.0 Å². The minimum Gasteiger partial charge on any atom is -0.486 e. The van der Waals surface area contributed by atoms with Gasteiger partial charge in [-0.15, -0.1) is 24.0 Å². The van der Waals surface area contributed by atoms with Crippen LogP contribution in [0.5, 0.6) is 11.5 Å². The van der Waals surface area contributed by atoms with E-state index in [1.165, 1.54) is 0 Å². The van der Waals surface area contributed by atoms with Crippen LogP contribution in [0.15, 0.2) is 33.7 Å². The Morgan fingerprint density at radius 3 is 2.69 bits per heavy atom. The van der Waals surface area contributed by atoms with E-state index in [0.29, 0.717) is 31.5 Å². The number of benzene rings is 1. The van der Waals surface area contributed by atoms with Gasteiger partial charge in [-0.25, -0.2) is 9.98 Å². The number of hydrogen-bond acceptors (Lipinski definition) is 5. The van der Waals surface area contributed by atoms with Crippen LogP contribution in [0, 0.1) is 13.8 Å². The fraction of sp³-hybridized carbons (Fsp3) is 0.444. The molecule has 0 amide bonds. The van der Waals surface area contributed by atoms with Gasteiger partial charge in [0.05, 0.1) is 12.2 Å². The molecule has 0 bridgehead atoms. The number of nitrogens with one attached hydrogen (secondary N) is 2. The van der Waals surface area contributed by atoms with Crippen molar-refractivity contribution in [1.82, 2.24) is 15.6 Å². The largest absolute Gasteiger partial charge is 0.486 e. The first-order chi connectivity index (χ1) is 12.2. The highest BCUT2D eigenvalue weighted by molar-refractivity contribution is 14.0. The molecule has 8 heteroatoms. The summed E-state index contributed by atoms with van der Waals surface area (Å²) in [7, 11) is 0. The zero-order chi connectivity index (χ0) is 17.6. The van der Waals surface area contributed by atoms with Crippen LogP contribution >= 0.6 is 24.0 Å². The third-order valence-electron chi connectivity index (χ3n) is 3.85. The number of ether oxygens (including phenoxy) is 2. The summed E-state index contributed by atoms with van der Waals surface area (Å²) >= 11 is 0.